The van der Waals surface area contributed by atoms with Crippen LogP contribution in [0.2, 0.25) is 0 Å². The molecule has 0 atom stereocenters. The van der Waals surface area contributed by atoms with E-state index in [0.717, 1.165) is 12.1 Å². The van der Waals surface area contributed by atoms with Crippen LogP contribution in [0.3, 0.4) is 0 Å². The first-order chi connectivity index (χ1) is 9.90. The van der Waals surface area contributed by atoms with Gasteiger partial charge in [0.05, 0.1) is 12.2 Å². The van der Waals surface area contributed by atoms with Crippen molar-refractivity contribution in [2.24, 2.45) is 0 Å². The highest BCUT2D eigenvalue weighted by Crippen LogP contribution is 2.29. The van der Waals surface area contributed by atoms with Crippen LogP contribution in [0.15, 0.2) is 42.5 Å². The van der Waals surface area contributed by atoms with Gasteiger partial charge in [0, 0.05) is 0 Å². The fourth-order valence-corrected chi connectivity index (χ4v) is 1.80. The van der Waals surface area contributed by atoms with E-state index in [1.807, 2.05) is 0 Å². The predicted molar refractivity (Wildman–Crippen MR) is 72.6 cm³/mol. The SMILES string of the molecule is [CH2]c1cc(OCc2ccc(C(F)(F)F)cc2)ccc1CO. The Balaban J connectivity index is 2.01. The van der Waals surface area contributed by atoms with E-state index in [2.05, 4.69) is 6.92 Å². The Morgan fingerprint density at radius 2 is 1.71 bits per heavy atom. The number of rotatable bonds is 4. The summed E-state index contributed by atoms with van der Waals surface area (Å²) in [4.78, 5) is 0. The molecule has 0 aromatic heterocycles. The van der Waals surface area contributed by atoms with Crippen molar-refractivity contribution in [2.75, 3.05) is 0 Å². The Hall–Kier alpha value is -2.01. The molecular formula is C16H14F3O2. The molecule has 5 heteroatoms. The maximum absolute atomic E-state index is 12.4. The second-order valence-corrected chi connectivity index (χ2v) is 4.57. The molecule has 0 unspecified atom stereocenters. The maximum Gasteiger partial charge on any atom is 0.416 e. The minimum absolute atomic E-state index is 0.0992. The molecule has 0 heterocycles. The lowest BCUT2D eigenvalue weighted by Gasteiger charge is -2.10. The van der Waals surface area contributed by atoms with Crippen molar-refractivity contribution in [2.45, 2.75) is 19.4 Å². The fraction of sp³-hybridized carbons (Fsp3) is 0.188. The van der Waals surface area contributed by atoms with Crippen LogP contribution in [-0.2, 0) is 19.4 Å². The summed E-state index contributed by atoms with van der Waals surface area (Å²) in [5.74, 6) is 0.553. The van der Waals surface area contributed by atoms with Gasteiger partial charge < -0.3 is 9.84 Å². The van der Waals surface area contributed by atoms with Crippen molar-refractivity contribution < 1.29 is 23.0 Å². The van der Waals surface area contributed by atoms with Crippen molar-refractivity contribution in [1.82, 2.24) is 0 Å². The van der Waals surface area contributed by atoms with Gasteiger partial charge in [0.1, 0.15) is 12.4 Å². The zero-order valence-corrected chi connectivity index (χ0v) is 11.2. The molecule has 2 rings (SSSR count). The number of aliphatic hydroxyl groups is 1. The topological polar surface area (TPSA) is 29.5 Å². The van der Waals surface area contributed by atoms with E-state index >= 15 is 0 Å². The van der Waals surface area contributed by atoms with Crippen molar-refractivity contribution in [1.29, 1.82) is 0 Å². The van der Waals surface area contributed by atoms with Gasteiger partial charge in [-0.1, -0.05) is 18.2 Å². The summed E-state index contributed by atoms with van der Waals surface area (Å²) in [6, 6.07) is 9.89. The molecule has 2 nitrogen and oxygen atoms in total. The number of benzene rings is 2. The summed E-state index contributed by atoms with van der Waals surface area (Å²) in [7, 11) is 0. The van der Waals surface area contributed by atoms with Crippen LogP contribution in [0.5, 0.6) is 5.75 Å². The Kier molecular flexibility index (Phi) is 4.53. The van der Waals surface area contributed by atoms with Crippen LogP contribution in [0.4, 0.5) is 13.2 Å². The zero-order valence-electron chi connectivity index (χ0n) is 11.2. The fourth-order valence-electron chi connectivity index (χ4n) is 1.80. The van der Waals surface area contributed by atoms with Crippen LogP contribution in [0.1, 0.15) is 22.3 Å². The number of halogens is 3. The van der Waals surface area contributed by atoms with E-state index in [1.54, 1.807) is 18.2 Å². The summed E-state index contributed by atoms with van der Waals surface area (Å²) in [5.41, 5.74) is 1.32. The molecule has 0 saturated heterocycles. The van der Waals surface area contributed by atoms with E-state index in [0.29, 0.717) is 22.4 Å². The van der Waals surface area contributed by atoms with Crippen molar-refractivity contribution in [3.05, 3.63) is 71.6 Å². The van der Waals surface area contributed by atoms with Crippen LogP contribution in [0.25, 0.3) is 0 Å². The first kappa shape index (κ1) is 15.4. The van der Waals surface area contributed by atoms with Crippen LogP contribution in [-0.4, -0.2) is 5.11 Å². The van der Waals surface area contributed by atoms with Gasteiger partial charge in [-0.2, -0.15) is 13.2 Å². The van der Waals surface area contributed by atoms with Crippen LogP contribution < -0.4 is 4.74 Å². The molecule has 111 valence electrons. The molecule has 0 aliphatic carbocycles. The summed E-state index contributed by atoms with van der Waals surface area (Å²) >= 11 is 0. The Morgan fingerprint density at radius 3 is 2.24 bits per heavy atom. The number of ether oxygens (including phenoxy) is 1. The van der Waals surface area contributed by atoms with Gasteiger partial charge in [0.15, 0.2) is 0 Å². The molecule has 0 amide bonds. The number of hydrogen-bond acceptors (Lipinski definition) is 2. The average molecular weight is 295 g/mol. The lowest BCUT2D eigenvalue weighted by atomic mass is 10.1. The Labute approximate surface area is 120 Å². The van der Waals surface area contributed by atoms with Crippen LogP contribution >= 0.6 is 0 Å². The third kappa shape index (κ3) is 3.98. The molecule has 0 aliphatic rings. The first-order valence-electron chi connectivity index (χ1n) is 6.25. The molecule has 2 aromatic rings. The Morgan fingerprint density at radius 1 is 1.05 bits per heavy atom. The summed E-state index contributed by atoms with van der Waals surface area (Å²) in [6.45, 7) is 3.84. The molecule has 0 fully saturated rings. The minimum atomic E-state index is -4.33. The van der Waals surface area contributed by atoms with Gasteiger partial charge in [-0.3, -0.25) is 0 Å². The van der Waals surface area contributed by atoms with Crippen molar-refractivity contribution in [3.63, 3.8) is 0 Å². The molecule has 0 spiro atoms. The molecule has 0 bridgehead atoms. The van der Waals surface area contributed by atoms with Gasteiger partial charge in [0.2, 0.25) is 0 Å². The van der Waals surface area contributed by atoms with E-state index in [9.17, 15) is 13.2 Å². The summed E-state index contributed by atoms with van der Waals surface area (Å²) in [6.07, 6.45) is -4.33. The monoisotopic (exact) mass is 295 g/mol. The zero-order chi connectivity index (χ0) is 15.5. The maximum atomic E-state index is 12.4. The summed E-state index contributed by atoms with van der Waals surface area (Å²) in [5, 5.41) is 9.04. The highest BCUT2D eigenvalue weighted by Gasteiger charge is 2.29. The highest BCUT2D eigenvalue weighted by molar-refractivity contribution is 5.37. The number of alkyl halides is 3. The quantitative estimate of drug-likeness (QED) is 0.925. The van der Waals surface area contributed by atoms with E-state index in [1.165, 1.54) is 12.1 Å². The average Bonchev–Trinajstić information content (AvgIpc) is 2.45. The highest BCUT2D eigenvalue weighted by atomic mass is 19.4. The normalized spacial score (nSPS) is 11.5. The molecular weight excluding hydrogens is 281 g/mol. The van der Waals surface area contributed by atoms with Crippen molar-refractivity contribution in [3.8, 4) is 5.75 Å². The second-order valence-electron chi connectivity index (χ2n) is 4.57. The predicted octanol–water partition coefficient (Wildman–Crippen LogP) is 3.96. The van der Waals surface area contributed by atoms with Gasteiger partial charge in [-0.05, 0) is 47.9 Å². The third-order valence-electron chi connectivity index (χ3n) is 3.03. The molecule has 0 saturated carbocycles. The van der Waals surface area contributed by atoms with Crippen molar-refractivity contribution >= 4 is 0 Å². The molecule has 2 aromatic carbocycles. The molecule has 1 radical (unpaired) electrons. The van der Waals surface area contributed by atoms with E-state index in [4.69, 9.17) is 9.84 Å². The van der Waals surface area contributed by atoms with E-state index < -0.39 is 11.7 Å². The Bertz CT molecular complexity index is 604. The molecule has 0 aliphatic heterocycles. The largest absolute Gasteiger partial charge is 0.489 e. The van der Waals surface area contributed by atoms with Gasteiger partial charge in [-0.25, -0.2) is 0 Å². The third-order valence-corrected chi connectivity index (χ3v) is 3.03. The summed E-state index contributed by atoms with van der Waals surface area (Å²) < 4.78 is 42.8. The minimum Gasteiger partial charge on any atom is -0.489 e. The second kappa shape index (κ2) is 6.18. The first-order valence-corrected chi connectivity index (χ1v) is 6.25. The number of hydrogen-bond donors (Lipinski definition) is 1. The van der Waals surface area contributed by atoms with E-state index in [-0.39, 0.29) is 13.2 Å². The lowest BCUT2D eigenvalue weighted by molar-refractivity contribution is -0.137. The lowest BCUT2D eigenvalue weighted by Crippen LogP contribution is -2.05. The van der Waals surface area contributed by atoms with Gasteiger partial charge in [0.25, 0.3) is 0 Å². The molecule has 1 N–H and O–H groups in total. The van der Waals surface area contributed by atoms with Crippen LogP contribution in [0, 0.1) is 6.92 Å². The number of aliphatic hydroxyl groups excluding tert-OH is 1. The molecule has 21 heavy (non-hydrogen) atoms. The van der Waals surface area contributed by atoms with Gasteiger partial charge >= 0.3 is 6.18 Å². The van der Waals surface area contributed by atoms with Gasteiger partial charge in [-0.15, -0.1) is 0 Å². The smallest absolute Gasteiger partial charge is 0.416 e. The standard InChI is InChI=1S/C16H14F3O2/c1-11-8-15(7-4-13(11)9-20)21-10-12-2-5-14(6-3-12)16(17,18)19/h2-8,20H,1,9-10H2.